The van der Waals surface area contributed by atoms with Crippen molar-refractivity contribution in [1.82, 2.24) is 15.5 Å². The zero-order valence-corrected chi connectivity index (χ0v) is 19.8. The quantitative estimate of drug-likeness (QED) is 0.442. The average Bonchev–Trinajstić information content (AvgIpc) is 3.16. The number of nitrogens with one attached hydrogen (secondary N) is 2. The maximum absolute atomic E-state index is 12.6. The molecule has 0 spiro atoms. The van der Waals surface area contributed by atoms with E-state index in [4.69, 9.17) is 9.84 Å². The van der Waals surface area contributed by atoms with Crippen LogP contribution in [-0.2, 0) is 14.3 Å². The second-order valence-corrected chi connectivity index (χ2v) is 8.27. The third-order valence-corrected chi connectivity index (χ3v) is 6.22. The molecular formula is C26H33N3O5. The first kappa shape index (κ1) is 25.2. The summed E-state index contributed by atoms with van der Waals surface area (Å²) in [7, 11) is 0. The van der Waals surface area contributed by atoms with Crippen molar-refractivity contribution in [3.05, 3.63) is 59.7 Å². The Hall–Kier alpha value is -3.39. The zero-order valence-electron chi connectivity index (χ0n) is 19.8. The van der Waals surface area contributed by atoms with Crippen molar-refractivity contribution in [1.29, 1.82) is 0 Å². The fraction of sp³-hybridized carbons (Fsp3) is 0.423. The Morgan fingerprint density at radius 2 is 1.59 bits per heavy atom. The van der Waals surface area contributed by atoms with Gasteiger partial charge in [0.1, 0.15) is 12.6 Å². The van der Waals surface area contributed by atoms with E-state index in [9.17, 15) is 14.4 Å². The highest BCUT2D eigenvalue weighted by Crippen LogP contribution is 2.44. The number of amides is 2. The number of benzene rings is 2. The van der Waals surface area contributed by atoms with E-state index in [-0.39, 0.29) is 25.4 Å². The number of ether oxygens (including phenoxy) is 1. The summed E-state index contributed by atoms with van der Waals surface area (Å²) in [6.07, 6.45) is -0.995. The number of carboxylic acid groups (broad SMARTS) is 1. The van der Waals surface area contributed by atoms with Gasteiger partial charge in [-0.1, -0.05) is 62.4 Å². The molecule has 3 rings (SSSR count). The standard InChI is InChI=1S/C26H33N3O5/c1-3-29(4-2)16-15-27-25(32)23(13-14-24(30)31)28-26(33)34-17-22-20-11-7-5-9-18(20)19-10-6-8-12-21(19)22/h5-12,22-23H,3-4,13-17H2,1-2H3,(H,27,32)(H,28,33)(H,30,31). The lowest BCUT2D eigenvalue weighted by Crippen LogP contribution is -2.48. The number of hydrogen-bond acceptors (Lipinski definition) is 5. The Bertz CT molecular complexity index is 960. The summed E-state index contributed by atoms with van der Waals surface area (Å²) in [6, 6.07) is 15.1. The molecule has 3 N–H and O–H groups in total. The predicted octanol–water partition coefficient (Wildman–Crippen LogP) is 3.22. The van der Waals surface area contributed by atoms with Crippen LogP contribution in [-0.4, -0.2) is 66.8 Å². The zero-order chi connectivity index (χ0) is 24.5. The summed E-state index contributed by atoms with van der Waals surface area (Å²) >= 11 is 0. The topological polar surface area (TPSA) is 108 Å². The summed E-state index contributed by atoms with van der Waals surface area (Å²) in [6.45, 7) is 7.03. The van der Waals surface area contributed by atoms with E-state index in [1.165, 1.54) is 0 Å². The van der Waals surface area contributed by atoms with Crippen molar-refractivity contribution >= 4 is 18.0 Å². The highest BCUT2D eigenvalue weighted by atomic mass is 16.5. The lowest BCUT2D eigenvalue weighted by Gasteiger charge is -2.21. The molecule has 2 aromatic rings. The van der Waals surface area contributed by atoms with E-state index in [0.29, 0.717) is 13.1 Å². The maximum Gasteiger partial charge on any atom is 0.407 e. The van der Waals surface area contributed by atoms with Crippen LogP contribution in [0.4, 0.5) is 4.79 Å². The largest absolute Gasteiger partial charge is 0.481 e. The number of nitrogens with zero attached hydrogens (tertiary/aromatic N) is 1. The van der Waals surface area contributed by atoms with Gasteiger partial charge in [0.2, 0.25) is 5.91 Å². The number of carboxylic acids is 1. The Morgan fingerprint density at radius 3 is 2.15 bits per heavy atom. The number of alkyl carbamates (subject to hydrolysis) is 1. The molecule has 0 heterocycles. The van der Waals surface area contributed by atoms with Gasteiger partial charge in [-0.05, 0) is 41.8 Å². The lowest BCUT2D eigenvalue weighted by atomic mass is 9.98. The molecule has 0 radical (unpaired) electrons. The van der Waals surface area contributed by atoms with E-state index in [2.05, 4.69) is 27.7 Å². The van der Waals surface area contributed by atoms with Crippen molar-refractivity contribution in [3.63, 3.8) is 0 Å². The molecule has 8 heteroatoms. The molecule has 0 aromatic heterocycles. The Morgan fingerprint density at radius 1 is 1.00 bits per heavy atom. The number of rotatable bonds is 12. The van der Waals surface area contributed by atoms with Gasteiger partial charge in [-0.2, -0.15) is 0 Å². The van der Waals surface area contributed by atoms with Crippen molar-refractivity contribution in [3.8, 4) is 11.1 Å². The number of aliphatic carboxylic acids is 1. The van der Waals surface area contributed by atoms with Gasteiger partial charge in [0, 0.05) is 25.4 Å². The molecule has 2 amide bonds. The van der Waals surface area contributed by atoms with Crippen molar-refractivity contribution in [2.75, 3.05) is 32.8 Å². The van der Waals surface area contributed by atoms with Gasteiger partial charge in [-0.3, -0.25) is 9.59 Å². The highest BCUT2D eigenvalue weighted by Gasteiger charge is 2.30. The number of hydrogen-bond donors (Lipinski definition) is 3. The molecule has 0 saturated carbocycles. The van der Waals surface area contributed by atoms with Crippen LogP contribution in [0, 0.1) is 0 Å². The fourth-order valence-electron chi connectivity index (χ4n) is 4.32. The van der Waals surface area contributed by atoms with E-state index >= 15 is 0 Å². The maximum atomic E-state index is 12.6. The molecule has 0 bridgehead atoms. The van der Waals surface area contributed by atoms with Gasteiger partial charge in [-0.25, -0.2) is 4.79 Å². The lowest BCUT2D eigenvalue weighted by molar-refractivity contribution is -0.137. The third kappa shape index (κ3) is 6.35. The highest BCUT2D eigenvalue weighted by molar-refractivity contribution is 5.86. The second kappa shape index (κ2) is 12.2. The average molecular weight is 468 g/mol. The molecule has 34 heavy (non-hydrogen) atoms. The van der Waals surface area contributed by atoms with Gasteiger partial charge < -0.3 is 25.4 Å². The summed E-state index contributed by atoms with van der Waals surface area (Å²) < 4.78 is 5.52. The fourth-order valence-corrected chi connectivity index (χ4v) is 4.32. The van der Waals surface area contributed by atoms with Gasteiger partial charge in [0.05, 0.1) is 0 Å². The van der Waals surface area contributed by atoms with Crippen LogP contribution >= 0.6 is 0 Å². The summed E-state index contributed by atoms with van der Waals surface area (Å²) in [4.78, 5) is 38.4. The first-order valence-corrected chi connectivity index (χ1v) is 11.8. The molecule has 0 saturated heterocycles. The van der Waals surface area contributed by atoms with Crippen LogP contribution in [0.3, 0.4) is 0 Å². The first-order chi connectivity index (χ1) is 16.4. The molecule has 0 aliphatic heterocycles. The number of carbonyl (C=O) groups is 3. The van der Waals surface area contributed by atoms with Crippen molar-refractivity contribution < 1.29 is 24.2 Å². The van der Waals surface area contributed by atoms with E-state index < -0.39 is 24.0 Å². The summed E-state index contributed by atoms with van der Waals surface area (Å²) in [5, 5.41) is 14.4. The van der Waals surface area contributed by atoms with Gasteiger partial charge in [-0.15, -0.1) is 0 Å². The minimum absolute atomic E-state index is 0.0172. The molecule has 8 nitrogen and oxygen atoms in total. The van der Waals surface area contributed by atoms with E-state index in [0.717, 1.165) is 35.3 Å². The van der Waals surface area contributed by atoms with Gasteiger partial charge in [0.15, 0.2) is 0 Å². The van der Waals surface area contributed by atoms with Gasteiger partial charge in [0.25, 0.3) is 0 Å². The molecule has 182 valence electrons. The van der Waals surface area contributed by atoms with Crippen LogP contribution in [0.25, 0.3) is 11.1 Å². The summed E-state index contributed by atoms with van der Waals surface area (Å²) in [5.74, 6) is -1.55. The molecular weight excluding hydrogens is 434 g/mol. The van der Waals surface area contributed by atoms with Gasteiger partial charge >= 0.3 is 12.1 Å². The van der Waals surface area contributed by atoms with E-state index in [1.54, 1.807) is 0 Å². The Labute approximate surface area is 200 Å². The monoisotopic (exact) mass is 467 g/mol. The predicted molar refractivity (Wildman–Crippen MR) is 130 cm³/mol. The molecule has 1 aliphatic carbocycles. The Balaban J connectivity index is 1.60. The van der Waals surface area contributed by atoms with Crippen LogP contribution in [0.5, 0.6) is 0 Å². The molecule has 1 atom stereocenters. The van der Waals surface area contributed by atoms with Crippen LogP contribution in [0.1, 0.15) is 43.7 Å². The minimum Gasteiger partial charge on any atom is -0.481 e. The third-order valence-electron chi connectivity index (χ3n) is 6.22. The number of fused-ring (bicyclic) bond motifs is 3. The normalized spacial score (nSPS) is 13.1. The van der Waals surface area contributed by atoms with Crippen LogP contribution in [0.2, 0.25) is 0 Å². The number of carbonyl (C=O) groups excluding carboxylic acids is 2. The van der Waals surface area contributed by atoms with Crippen LogP contribution in [0.15, 0.2) is 48.5 Å². The first-order valence-electron chi connectivity index (χ1n) is 11.8. The summed E-state index contributed by atoms with van der Waals surface area (Å²) in [5.41, 5.74) is 4.43. The molecule has 2 aromatic carbocycles. The van der Waals surface area contributed by atoms with E-state index in [1.807, 2.05) is 50.2 Å². The molecule has 1 unspecified atom stereocenters. The van der Waals surface area contributed by atoms with Crippen molar-refractivity contribution in [2.24, 2.45) is 0 Å². The minimum atomic E-state index is -1.03. The SMILES string of the molecule is CCN(CC)CCNC(=O)C(CCC(=O)O)NC(=O)OCC1c2ccccc2-c2ccccc21. The van der Waals surface area contributed by atoms with Crippen molar-refractivity contribution in [2.45, 2.75) is 38.6 Å². The molecule has 0 fully saturated rings. The Kier molecular flexibility index (Phi) is 9.04. The second-order valence-electron chi connectivity index (χ2n) is 8.27. The number of likely N-dealkylation sites (N-methyl/N-ethyl adjacent to an activating group) is 1. The van der Waals surface area contributed by atoms with Crippen LogP contribution < -0.4 is 10.6 Å². The smallest absolute Gasteiger partial charge is 0.407 e. The molecule has 1 aliphatic rings.